The number of unbranched alkanes of at least 4 members (excludes halogenated alkanes) is 27. The maximum Gasteiger partial charge on any atom is 0.219 e. The van der Waals surface area contributed by atoms with Gasteiger partial charge in [-0.05, 0) is 58.3 Å². The zero-order valence-corrected chi connectivity index (χ0v) is 33.1. The Kier molecular flexibility index (Phi) is 58.1. The average Bonchev–Trinajstić information content (AvgIpc) is 3.07. The summed E-state index contributed by atoms with van der Waals surface area (Å²) in [6.45, 7) is 17.3. The molecule has 2 nitrogen and oxygen atoms in total. The summed E-state index contributed by atoms with van der Waals surface area (Å²) in [4.78, 5) is 12.1. The van der Waals surface area contributed by atoms with E-state index in [1.165, 1.54) is 192 Å². The highest BCUT2D eigenvalue weighted by atomic mass is 16.1. The van der Waals surface area contributed by atoms with Crippen molar-refractivity contribution in [1.82, 2.24) is 5.32 Å². The Morgan fingerprint density at radius 3 is 1.13 bits per heavy atom. The van der Waals surface area contributed by atoms with E-state index in [0.717, 1.165) is 25.8 Å². The van der Waals surface area contributed by atoms with E-state index in [4.69, 9.17) is 0 Å². The maximum atomic E-state index is 12.1. The summed E-state index contributed by atoms with van der Waals surface area (Å²) in [6, 6.07) is 0. The maximum absolute atomic E-state index is 12.1. The largest absolute Gasteiger partial charge is 0.356 e. The van der Waals surface area contributed by atoms with E-state index >= 15 is 0 Å². The quantitative estimate of drug-likeness (QED) is 0.0530. The molecule has 0 rings (SSSR count). The van der Waals surface area contributed by atoms with E-state index < -0.39 is 0 Å². The highest BCUT2D eigenvalue weighted by Crippen LogP contribution is 2.15. The van der Waals surface area contributed by atoms with Crippen molar-refractivity contribution in [2.45, 2.75) is 254 Å². The van der Waals surface area contributed by atoms with Crippen LogP contribution in [0.5, 0.6) is 0 Å². The molecule has 0 bridgehead atoms. The summed E-state index contributed by atoms with van der Waals surface area (Å²) in [5.74, 6) is 0.267. The summed E-state index contributed by atoms with van der Waals surface area (Å²) >= 11 is 0. The minimum absolute atomic E-state index is 0. The predicted molar refractivity (Wildman–Crippen MR) is 220 cm³/mol. The van der Waals surface area contributed by atoms with Gasteiger partial charge in [-0.2, -0.15) is 0 Å². The van der Waals surface area contributed by atoms with Crippen LogP contribution in [0.2, 0.25) is 0 Å². The Morgan fingerprint density at radius 2 is 0.766 bits per heavy atom. The lowest BCUT2D eigenvalue weighted by Gasteiger charge is -2.06. The molecule has 0 saturated heterocycles. The first-order valence-corrected chi connectivity index (χ1v) is 21.2. The first-order valence-electron chi connectivity index (χ1n) is 21.2. The lowest BCUT2D eigenvalue weighted by molar-refractivity contribution is -0.121. The first-order chi connectivity index (χ1) is 22.7. The smallest absolute Gasteiger partial charge is 0.219 e. The van der Waals surface area contributed by atoms with E-state index in [1.54, 1.807) is 0 Å². The van der Waals surface area contributed by atoms with Crippen LogP contribution in [0.15, 0.2) is 24.3 Å². The fraction of sp³-hybridized carbons (Fsp3) is 0.889. The van der Waals surface area contributed by atoms with Crippen molar-refractivity contribution in [2.75, 3.05) is 6.54 Å². The molecule has 0 aliphatic heterocycles. The second-order valence-corrected chi connectivity index (χ2v) is 13.4. The van der Waals surface area contributed by atoms with E-state index in [9.17, 15) is 4.79 Å². The van der Waals surface area contributed by atoms with Crippen LogP contribution in [-0.2, 0) is 4.79 Å². The number of carbonyl (C=O) groups excluding carboxylic acids is 1. The number of hydrogen-bond donors (Lipinski definition) is 1. The van der Waals surface area contributed by atoms with Crippen LogP contribution in [0.4, 0.5) is 0 Å². The van der Waals surface area contributed by atoms with Crippen LogP contribution < -0.4 is 5.32 Å². The molecule has 0 saturated carbocycles. The molecule has 0 aliphatic rings. The van der Waals surface area contributed by atoms with Crippen LogP contribution in [-0.4, -0.2) is 12.5 Å². The Morgan fingerprint density at radius 1 is 0.468 bits per heavy atom. The summed E-state index contributed by atoms with van der Waals surface area (Å²) in [6.07, 6.45) is 47.2. The highest BCUT2D eigenvalue weighted by molar-refractivity contribution is 5.75. The number of amides is 1. The second kappa shape index (κ2) is 51.8. The van der Waals surface area contributed by atoms with Crippen LogP contribution in [0.3, 0.4) is 0 Å². The fourth-order valence-corrected chi connectivity index (χ4v) is 5.88. The van der Waals surface area contributed by atoms with E-state index in [-0.39, 0.29) is 13.3 Å². The molecule has 0 fully saturated rings. The number of hydrogen-bond acceptors (Lipinski definition) is 1. The van der Waals surface area contributed by atoms with Crippen molar-refractivity contribution in [3.05, 3.63) is 24.3 Å². The molecule has 0 aromatic rings. The molecule has 2 heteroatoms. The van der Waals surface area contributed by atoms with Gasteiger partial charge in [0.2, 0.25) is 5.91 Å². The molecular weight excluding hydrogens is 571 g/mol. The van der Waals surface area contributed by atoms with Gasteiger partial charge in [-0.25, -0.2) is 0 Å². The van der Waals surface area contributed by atoms with Gasteiger partial charge in [-0.3, -0.25) is 4.79 Å². The van der Waals surface area contributed by atoms with Crippen molar-refractivity contribution < 1.29 is 4.79 Å². The molecule has 1 N–H and O–H groups in total. The van der Waals surface area contributed by atoms with Gasteiger partial charge in [0.15, 0.2) is 0 Å². The third-order valence-electron chi connectivity index (χ3n) is 8.77. The molecule has 0 aliphatic carbocycles. The van der Waals surface area contributed by atoms with Crippen LogP contribution in [0.25, 0.3) is 0 Å². The molecule has 1 amide bonds. The lowest BCUT2D eigenvalue weighted by atomic mass is 10.0. The lowest BCUT2D eigenvalue weighted by Crippen LogP contribution is -2.23. The highest BCUT2D eigenvalue weighted by Gasteiger charge is 2.01. The Labute approximate surface area is 300 Å². The molecule has 0 heterocycles. The monoisotopic (exact) mass is 664 g/mol. The Hall–Kier alpha value is -1.05. The number of allylic oxidation sites excluding steroid dienone is 3. The second-order valence-electron chi connectivity index (χ2n) is 13.4. The minimum atomic E-state index is 0. The van der Waals surface area contributed by atoms with Crippen molar-refractivity contribution >= 4 is 5.91 Å². The molecule has 47 heavy (non-hydrogen) atoms. The van der Waals surface area contributed by atoms with Crippen LogP contribution >= 0.6 is 0 Å². The number of nitrogens with one attached hydrogen (secondary N) is 1. The van der Waals surface area contributed by atoms with E-state index in [0.29, 0.717) is 0 Å². The Balaban J connectivity index is -0.00000177. The van der Waals surface area contributed by atoms with Gasteiger partial charge in [0.25, 0.3) is 0 Å². The summed E-state index contributed by atoms with van der Waals surface area (Å²) < 4.78 is 0. The van der Waals surface area contributed by atoms with Gasteiger partial charge in [0.05, 0.1) is 0 Å². The summed E-state index contributed by atoms with van der Waals surface area (Å²) in [5.41, 5.74) is 1.33. The first kappa shape index (κ1) is 52.8. The van der Waals surface area contributed by atoms with Crippen molar-refractivity contribution in [3.63, 3.8) is 0 Å². The van der Waals surface area contributed by atoms with Crippen molar-refractivity contribution in [2.24, 2.45) is 0 Å². The van der Waals surface area contributed by atoms with Crippen LogP contribution in [0, 0.1) is 0 Å². The molecule has 0 unspecified atom stereocenters. The predicted octanol–water partition coefficient (Wildman–Crippen LogP) is 16.4. The van der Waals surface area contributed by atoms with Crippen LogP contribution in [0.1, 0.15) is 254 Å². The third-order valence-corrected chi connectivity index (χ3v) is 8.77. The van der Waals surface area contributed by atoms with Gasteiger partial charge in [0.1, 0.15) is 0 Å². The van der Waals surface area contributed by atoms with Gasteiger partial charge in [-0.15, -0.1) is 6.58 Å². The van der Waals surface area contributed by atoms with Crippen molar-refractivity contribution in [3.8, 4) is 0 Å². The van der Waals surface area contributed by atoms with Crippen molar-refractivity contribution in [1.29, 1.82) is 0 Å². The summed E-state index contributed by atoms with van der Waals surface area (Å²) in [7, 11) is 0. The van der Waals surface area contributed by atoms with Gasteiger partial charge < -0.3 is 5.32 Å². The standard InChI is InChI=1S/C40H77NO.2C2H6.CH4/c1-4-5-6-7-8-9-10-11-12-17-20-23-26-29-32-35-38-41-40(42)37-34-31-28-25-22-19-16-14-13-15-18-21-24-27-30-33-36-39(2)3;2*1-2;/h13-14H,2,4-12,15-38H2,1,3H3,(H,41,42);2*1-2H3;1H4. The van der Waals surface area contributed by atoms with E-state index in [1.807, 2.05) is 27.7 Å². The molecular formula is C45H93NO. The summed E-state index contributed by atoms with van der Waals surface area (Å²) in [5, 5.41) is 3.14. The SMILES string of the molecule is C.C=C(C)CCCCCCCCC=CCCCCCCCCC(=O)NCCCCCCCCCCCCCCCCCC.CC.CC. The third kappa shape index (κ3) is 54.7. The molecule has 0 aromatic carbocycles. The number of carbonyl (C=O) groups is 1. The zero-order chi connectivity index (χ0) is 34.6. The minimum Gasteiger partial charge on any atom is -0.356 e. The topological polar surface area (TPSA) is 29.1 Å². The normalized spacial score (nSPS) is 10.5. The zero-order valence-electron chi connectivity index (χ0n) is 33.1. The Bertz CT molecular complexity index is 581. The molecule has 0 radical (unpaired) electrons. The molecule has 0 atom stereocenters. The van der Waals surface area contributed by atoms with Gasteiger partial charge in [0, 0.05) is 13.0 Å². The fourth-order valence-electron chi connectivity index (χ4n) is 5.88. The number of rotatable bonds is 35. The molecule has 0 aromatic heterocycles. The molecule has 0 spiro atoms. The molecule has 284 valence electrons. The average molecular weight is 664 g/mol. The van der Waals surface area contributed by atoms with E-state index in [2.05, 4.69) is 37.9 Å². The van der Waals surface area contributed by atoms with Gasteiger partial charge in [-0.1, -0.05) is 207 Å². The van der Waals surface area contributed by atoms with Gasteiger partial charge >= 0.3 is 0 Å².